The Morgan fingerprint density at radius 2 is 1.83 bits per heavy atom. The number of aryl methyl sites for hydroxylation is 1. The van der Waals surface area contributed by atoms with E-state index in [0.29, 0.717) is 11.5 Å². The van der Waals surface area contributed by atoms with Crippen LogP contribution in [0.1, 0.15) is 56.5 Å². The molecule has 1 N–H and O–H groups in total. The van der Waals surface area contributed by atoms with Crippen molar-refractivity contribution in [3.05, 3.63) is 29.3 Å². The average Bonchev–Trinajstić information content (AvgIpc) is 3.23. The van der Waals surface area contributed by atoms with E-state index in [1.807, 2.05) is 52.8 Å². The molecular formula is C18H26BNO3. The Balaban J connectivity index is 1.88. The summed E-state index contributed by atoms with van der Waals surface area (Å²) in [5.74, 6) is 0.620. The van der Waals surface area contributed by atoms with Crippen LogP contribution in [0.2, 0.25) is 0 Å². The third kappa shape index (κ3) is 3.17. The summed E-state index contributed by atoms with van der Waals surface area (Å²) in [7, 11) is -0.511. The minimum Gasteiger partial charge on any atom is -0.399 e. The highest BCUT2D eigenvalue weighted by Crippen LogP contribution is 2.37. The Bertz CT molecular complexity index is 607. The molecule has 1 amide bonds. The molecule has 1 aliphatic carbocycles. The first kappa shape index (κ1) is 16.5. The molecule has 1 saturated heterocycles. The van der Waals surface area contributed by atoms with E-state index < -0.39 is 18.3 Å². The second-order valence-corrected chi connectivity index (χ2v) is 7.78. The second-order valence-electron chi connectivity index (χ2n) is 7.78. The summed E-state index contributed by atoms with van der Waals surface area (Å²) in [5.41, 5.74) is 1.69. The second kappa shape index (κ2) is 5.64. The van der Waals surface area contributed by atoms with Crippen molar-refractivity contribution < 1.29 is 14.1 Å². The number of nitrogens with one attached hydrogen (secondary N) is 1. The number of amides is 1. The minimum absolute atomic E-state index is 0.0367. The van der Waals surface area contributed by atoms with Crippen LogP contribution in [0.4, 0.5) is 0 Å². The Kier molecular flexibility index (Phi) is 4.05. The molecule has 1 heterocycles. The van der Waals surface area contributed by atoms with Gasteiger partial charge in [-0.05, 0) is 64.9 Å². The summed E-state index contributed by atoms with van der Waals surface area (Å²) in [5, 5.41) is 3.04. The monoisotopic (exact) mass is 315 g/mol. The fraction of sp³-hybridized carbons (Fsp3) is 0.611. The molecule has 0 atom stereocenters. The molecule has 2 fully saturated rings. The molecule has 0 radical (unpaired) electrons. The zero-order valence-electron chi connectivity index (χ0n) is 14.7. The van der Waals surface area contributed by atoms with E-state index >= 15 is 0 Å². The lowest BCUT2D eigenvalue weighted by molar-refractivity contribution is 0.00578. The Morgan fingerprint density at radius 3 is 2.39 bits per heavy atom. The van der Waals surface area contributed by atoms with Crippen molar-refractivity contribution in [3.8, 4) is 0 Å². The largest absolute Gasteiger partial charge is 0.495 e. The van der Waals surface area contributed by atoms with Gasteiger partial charge in [-0.25, -0.2) is 0 Å². The van der Waals surface area contributed by atoms with Crippen molar-refractivity contribution in [2.24, 2.45) is 5.92 Å². The SMILES string of the molecule is Cc1cccc(C(=O)NCC2CC2)c1B1OC(C)(C)C(C)(C)O1. The maximum atomic E-state index is 12.6. The van der Waals surface area contributed by atoms with Crippen molar-refractivity contribution >= 4 is 18.5 Å². The molecule has 0 unspecified atom stereocenters. The van der Waals surface area contributed by atoms with E-state index in [-0.39, 0.29) is 5.91 Å². The highest BCUT2D eigenvalue weighted by atomic mass is 16.7. The Labute approximate surface area is 139 Å². The molecule has 1 aliphatic heterocycles. The predicted octanol–water partition coefficient (Wildman–Crippen LogP) is 2.43. The third-order valence-electron chi connectivity index (χ3n) is 5.31. The Morgan fingerprint density at radius 1 is 1.22 bits per heavy atom. The fourth-order valence-electron chi connectivity index (χ4n) is 2.81. The van der Waals surface area contributed by atoms with Gasteiger partial charge in [-0.3, -0.25) is 4.79 Å². The quantitative estimate of drug-likeness (QED) is 0.868. The summed E-state index contributed by atoms with van der Waals surface area (Å²) < 4.78 is 12.3. The summed E-state index contributed by atoms with van der Waals surface area (Å²) in [4.78, 5) is 12.6. The summed E-state index contributed by atoms with van der Waals surface area (Å²) in [6, 6.07) is 5.77. The molecule has 4 nitrogen and oxygen atoms in total. The molecule has 1 aromatic rings. The number of hydrogen-bond donors (Lipinski definition) is 1. The smallest absolute Gasteiger partial charge is 0.399 e. The van der Waals surface area contributed by atoms with Gasteiger partial charge in [-0.1, -0.05) is 17.7 Å². The van der Waals surface area contributed by atoms with Gasteiger partial charge in [0, 0.05) is 12.1 Å². The van der Waals surface area contributed by atoms with Crippen LogP contribution in [0.5, 0.6) is 0 Å². The van der Waals surface area contributed by atoms with Gasteiger partial charge >= 0.3 is 7.12 Å². The van der Waals surface area contributed by atoms with E-state index in [4.69, 9.17) is 9.31 Å². The third-order valence-corrected chi connectivity index (χ3v) is 5.31. The topological polar surface area (TPSA) is 47.6 Å². The van der Waals surface area contributed by atoms with Gasteiger partial charge in [0.2, 0.25) is 0 Å². The first-order valence-electron chi connectivity index (χ1n) is 8.44. The lowest BCUT2D eigenvalue weighted by Crippen LogP contribution is -2.42. The normalized spacial score (nSPS) is 22.2. The molecule has 3 rings (SSSR count). The van der Waals surface area contributed by atoms with Crippen LogP contribution in [-0.2, 0) is 9.31 Å². The lowest BCUT2D eigenvalue weighted by Gasteiger charge is -2.32. The molecule has 1 saturated carbocycles. The highest BCUT2D eigenvalue weighted by Gasteiger charge is 2.52. The minimum atomic E-state index is -0.511. The maximum Gasteiger partial charge on any atom is 0.495 e. The number of hydrogen-bond acceptors (Lipinski definition) is 3. The van der Waals surface area contributed by atoms with Gasteiger partial charge in [-0.2, -0.15) is 0 Å². The van der Waals surface area contributed by atoms with Gasteiger partial charge in [-0.15, -0.1) is 0 Å². The van der Waals surface area contributed by atoms with Gasteiger partial charge in [0.25, 0.3) is 5.91 Å². The molecule has 124 valence electrons. The number of carbonyl (C=O) groups is 1. The van der Waals surface area contributed by atoms with Crippen LogP contribution < -0.4 is 10.8 Å². The zero-order valence-corrected chi connectivity index (χ0v) is 14.7. The van der Waals surface area contributed by atoms with Gasteiger partial charge in [0.05, 0.1) is 11.2 Å². The molecular weight excluding hydrogens is 289 g/mol. The molecule has 5 heteroatoms. The van der Waals surface area contributed by atoms with E-state index in [9.17, 15) is 4.79 Å². The molecule has 2 aliphatic rings. The lowest BCUT2D eigenvalue weighted by atomic mass is 9.73. The number of benzene rings is 1. The average molecular weight is 315 g/mol. The number of rotatable bonds is 4. The van der Waals surface area contributed by atoms with Crippen LogP contribution in [0.15, 0.2) is 18.2 Å². The maximum absolute atomic E-state index is 12.6. The summed E-state index contributed by atoms with van der Waals surface area (Å²) >= 11 is 0. The Hall–Kier alpha value is -1.33. The van der Waals surface area contributed by atoms with Crippen LogP contribution in [0.25, 0.3) is 0 Å². The molecule has 0 spiro atoms. The van der Waals surface area contributed by atoms with Crippen molar-refractivity contribution in [2.45, 2.75) is 58.7 Å². The van der Waals surface area contributed by atoms with Crippen molar-refractivity contribution in [3.63, 3.8) is 0 Å². The van der Waals surface area contributed by atoms with Crippen molar-refractivity contribution in [1.82, 2.24) is 5.32 Å². The van der Waals surface area contributed by atoms with E-state index in [1.54, 1.807) is 0 Å². The summed E-state index contributed by atoms with van der Waals surface area (Å²) in [6.07, 6.45) is 2.44. The van der Waals surface area contributed by atoms with Gasteiger partial charge < -0.3 is 14.6 Å². The van der Waals surface area contributed by atoms with E-state index in [0.717, 1.165) is 17.6 Å². The van der Waals surface area contributed by atoms with Crippen LogP contribution >= 0.6 is 0 Å². The van der Waals surface area contributed by atoms with Gasteiger partial charge in [0.15, 0.2) is 0 Å². The molecule has 23 heavy (non-hydrogen) atoms. The highest BCUT2D eigenvalue weighted by molar-refractivity contribution is 6.64. The molecule has 0 bridgehead atoms. The van der Waals surface area contributed by atoms with Crippen LogP contribution in [-0.4, -0.2) is 30.8 Å². The first-order valence-corrected chi connectivity index (χ1v) is 8.44. The summed E-state index contributed by atoms with van der Waals surface area (Å²) in [6.45, 7) is 10.9. The van der Waals surface area contributed by atoms with Crippen molar-refractivity contribution in [2.75, 3.05) is 6.54 Å². The van der Waals surface area contributed by atoms with E-state index in [1.165, 1.54) is 12.8 Å². The molecule has 1 aromatic carbocycles. The fourth-order valence-corrected chi connectivity index (χ4v) is 2.81. The molecule has 0 aromatic heterocycles. The van der Waals surface area contributed by atoms with Crippen LogP contribution in [0.3, 0.4) is 0 Å². The number of carbonyl (C=O) groups excluding carboxylic acids is 1. The van der Waals surface area contributed by atoms with Gasteiger partial charge in [0.1, 0.15) is 0 Å². The first-order chi connectivity index (χ1) is 10.7. The van der Waals surface area contributed by atoms with Crippen LogP contribution in [0, 0.1) is 12.8 Å². The van der Waals surface area contributed by atoms with E-state index in [2.05, 4.69) is 5.32 Å². The van der Waals surface area contributed by atoms with Crippen molar-refractivity contribution in [1.29, 1.82) is 0 Å². The zero-order chi connectivity index (χ0) is 16.8. The predicted molar refractivity (Wildman–Crippen MR) is 92.0 cm³/mol. The standard InChI is InChI=1S/C18H26BNO3/c1-12-7-6-8-14(16(21)20-11-13-9-10-13)15(12)19-22-17(2,3)18(4,5)23-19/h6-8,13H,9-11H2,1-5H3,(H,20,21).